The van der Waals surface area contributed by atoms with Gasteiger partial charge < -0.3 is 5.11 Å². The van der Waals surface area contributed by atoms with E-state index >= 15 is 0 Å². The van der Waals surface area contributed by atoms with E-state index in [9.17, 15) is 4.79 Å². The Hall–Kier alpha value is -1.89. The minimum absolute atomic E-state index is 0.482. The van der Waals surface area contributed by atoms with Crippen molar-refractivity contribution in [1.82, 2.24) is 20.2 Å². The Balaban J connectivity index is 2.26. The lowest BCUT2D eigenvalue weighted by Crippen LogP contribution is -2.16. The number of benzene rings is 1. The van der Waals surface area contributed by atoms with Crippen LogP contribution in [0.15, 0.2) is 35.5 Å². The largest absolute Gasteiger partial charge is 0.480 e. The number of hydrogen-bond acceptors (Lipinski definition) is 5. The molecule has 0 unspecified atom stereocenters. The number of tetrazole rings is 1. The van der Waals surface area contributed by atoms with Crippen molar-refractivity contribution in [3.05, 3.63) is 30.3 Å². The zero-order chi connectivity index (χ0) is 13.0. The predicted octanol–water partition coefficient (Wildman–Crippen LogP) is 1.62. The standard InChI is InChI=1S/C11H12N4O2S/c1-2-9(10(16)17)18-11-12-13-14-15(11)8-6-4-3-5-7-8/h3-7,9H,2H2,1H3,(H,16,17)/t9-/m0/s1. The normalized spacial score (nSPS) is 12.3. The smallest absolute Gasteiger partial charge is 0.317 e. The molecule has 0 spiro atoms. The Morgan fingerprint density at radius 3 is 2.78 bits per heavy atom. The van der Waals surface area contributed by atoms with Gasteiger partial charge in [0, 0.05) is 0 Å². The average Bonchev–Trinajstić information content (AvgIpc) is 2.84. The molecule has 2 rings (SSSR count). The van der Waals surface area contributed by atoms with Gasteiger partial charge in [-0.1, -0.05) is 36.9 Å². The fourth-order valence-corrected chi connectivity index (χ4v) is 2.27. The SMILES string of the molecule is CC[C@H](Sc1nnnn1-c1ccccc1)C(=O)O. The molecular weight excluding hydrogens is 252 g/mol. The molecule has 7 heteroatoms. The highest BCUT2D eigenvalue weighted by atomic mass is 32.2. The quantitative estimate of drug-likeness (QED) is 0.826. The van der Waals surface area contributed by atoms with E-state index in [1.54, 1.807) is 0 Å². The predicted molar refractivity (Wildman–Crippen MR) is 66.7 cm³/mol. The maximum absolute atomic E-state index is 11.0. The molecule has 0 aliphatic heterocycles. The molecule has 1 N–H and O–H groups in total. The van der Waals surface area contributed by atoms with Gasteiger partial charge in [0.05, 0.1) is 5.69 Å². The molecule has 1 heterocycles. The van der Waals surface area contributed by atoms with Crippen LogP contribution in [0.5, 0.6) is 0 Å². The van der Waals surface area contributed by atoms with Gasteiger partial charge in [0.15, 0.2) is 0 Å². The van der Waals surface area contributed by atoms with E-state index in [0.717, 1.165) is 17.4 Å². The van der Waals surface area contributed by atoms with Crippen molar-refractivity contribution < 1.29 is 9.90 Å². The molecule has 1 atom stereocenters. The van der Waals surface area contributed by atoms with Crippen LogP contribution in [-0.4, -0.2) is 36.5 Å². The van der Waals surface area contributed by atoms with E-state index in [2.05, 4.69) is 15.5 Å². The number of para-hydroxylation sites is 1. The van der Waals surface area contributed by atoms with Gasteiger partial charge in [0.2, 0.25) is 5.16 Å². The summed E-state index contributed by atoms with van der Waals surface area (Å²) in [6, 6.07) is 9.37. The average molecular weight is 264 g/mol. The second-order valence-corrected chi connectivity index (χ2v) is 4.73. The van der Waals surface area contributed by atoms with Gasteiger partial charge in [-0.3, -0.25) is 4.79 Å². The van der Waals surface area contributed by atoms with Crippen molar-refractivity contribution in [3.8, 4) is 5.69 Å². The molecule has 0 aliphatic rings. The molecule has 1 aromatic carbocycles. The van der Waals surface area contributed by atoms with Gasteiger partial charge in [-0.05, 0) is 29.0 Å². The third-order valence-electron chi connectivity index (χ3n) is 2.34. The van der Waals surface area contributed by atoms with Gasteiger partial charge in [-0.25, -0.2) is 0 Å². The monoisotopic (exact) mass is 264 g/mol. The number of carboxylic acid groups (broad SMARTS) is 1. The Bertz CT molecular complexity index is 529. The Morgan fingerprint density at radius 2 is 2.17 bits per heavy atom. The summed E-state index contributed by atoms with van der Waals surface area (Å²) in [4.78, 5) is 11.0. The summed E-state index contributed by atoms with van der Waals surface area (Å²) >= 11 is 1.15. The van der Waals surface area contributed by atoms with E-state index < -0.39 is 11.2 Å². The summed E-state index contributed by atoms with van der Waals surface area (Å²) < 4.78 is 1.54. The summed E-state index contributed by atoms with van der Waals surface area (Å²) in [5.74, 6) is -0.856. The van der Waals surface area contributed by atoms with E-state index in [0.29, 0.717) is 11.6 Å². The van der Waals surface area contributed by atoms with Gasteiger partial charge in [-0.2, -0.15) is 4.68 Å². The molecule has 94 valence electrons. The van der Waals surface area contributed by atoms with E-state index in [-0.39, 0.29) is 0 Å². The molecule has 0 amide bonds. The number of carboxylic acids is 1. The third kappa shape index (κ3) is 2.67. The molecule has 18 heavy (non-hydrogen) atoms. The molecule has 0 radical (unpaired) electrons. The maximum atomic E-state index is 11.0. The maximum Gasteiger partial charge on any atom is 0.317 e. The van der Waals surface area contributed by atoms with E-state index in [1.165, 1.54) is 4.68 Å². The van der Waals surface area contributed by atoms with E-state index in [4.69, 9.17) is 5.11 Å². The lowest BCUT2D eigenvalue weighted by Gasteiger charge is -2.08. The van der Waals surface area contributed by atoms with Gasteiger partial charge in [0.25, 0.3) is 0 Å². The first-order valence-corrected chi connectivity index (χ1v) is 6.33. The first kappa shape index (κ1) is 12.6. The van der Waals surface area contributed by atoms with Crippen molar-refractivity contribution in [2.75, 3.05) is 0 Å². The van der Waals surface area contributed by atoms with E-state index in [1.807, 2.05) is 37.3 Å². The highest BCUT2D eigenvalue weighted by Gasteiger charge is 2.20. The van der Waals surface area contributed by atoms with Crippen LogP contribution < -0.4 is 0 Å². The van der Waals surface area contributed by atoms with Crippen LogP contribution >= 0.6 is 11.8 Å². The van der Waals surface area contributed by atoms with Crippen molar-refractivity contribution in [1.29, 1.82) is 0 Å². The number of aromatic nitrogens is 4. The minimum Gasteiger partial charge on any atom is -0.480 e. The van der Waals surface area contributed by atoms with Crippen LogP contribution in [0, 0.1) is 0 Å². The van der Waals surface area contributed by atoms with Crippen molar-refractivity contribution in [3.63, 3.8) is 0 Å². The van der Waals surface area contributed by atoms with Crippen molar-refractivity contribution >= 4 is 17.7 Å². The van der Waals surface area contributed by atoms with Crippen molar-refractivity contribution in [2.45, 2.75) is 23.8 Å². The lowest BCUT2D eigenvalue weighted by molar-refractivity contribution is -0.136. The molecule has 0 fully saturated rings. The summed E-state index contributed by atoms with van der Waals surface area (Å²) in [5, 5.41) is 20.3. The molecule has 6 nitrogen and oxygen atoms in total. The molecule has 1 aromatic heterocycles. The molecule has 0 saturated heterocycles. The number of rotatable bonds is 5. The summed E-state index contributed by atoms with van der Waals surface area (Å²) in [5.41, 5.74) is 0.810. The zero-order valence-corrected chi connectivity index (χ0v) is 10.5. The highest BCUT2D eigenvalue weighted by Crippen LogP contribution is 2.24. The molecular formula is C11H12N4O2S. The van der Waals surface area contributed by atoms with Crippen LogP contribution in [0.2, 0.25) is 0 Å². The number of nitrogens with zero attached hydrogens (tertiary/aromatic N) is 4. The molecule has 0 saturated carbocycles. The molecule has 2 aromatic rings. The molecule has 0 bridgehead atoms. The number of carbonyl (C=O) groups is 1. The second-order valence-electron chi connectivity index (χ2n) is 3.56. The van der Waals surface area contributed by atoms with Crippen LogP contribution in [0.1, 0.15) is 13.3 Å². The minimum atomic E-state index is -0.856. The van der Waals surface area contributed by atoms with Crippen LogP contribution in [0.3, 0.4) is 0 Å². The highest BCUT2D eigenvalue weighted by molar-refractivity contribution is 8.00. The Labute approximate surface area is 108 Å². The van der Waals surface area contributed by atoms with Crippen LogP contribution in [-0.2, 0) is 4.79 Å². The van der Waals surface area contributed by atoms with Gasteiger partial charge in [-0.15, -0.1) is 5.10 Å². The number of thioether (sulfide) groups is 1. The fourth-order valence-electron chi connectivity index (χ4n) is 1.42. The summed E-state index contributed by atoms with van der Waals surface area (Å²) in [6.07, 6.45) is 0.516. The summed E-state index contributed by atoms with van der Waals surface area (Å²) in [6.45, 7) is 1.82. The second kappa shape index (κ2) is 5.63. The van der Waals surface area contributed by atoms with Crippen LogP contribution in [0.25, 0.3) is 5.69 Å². The topological polar surface area (TPSA) is 80.9 Å². The zero-order valence-electron chi connectivity index (χ0n) is 9.72. The first-order chi connectivity index (χ1) is 8.72. The Morgan fingerprint density at radius 1 is 1.44 bits per heavy atom. The summed E-state index contributed by atoms with van der Waals surface area (Å²) in [7, 11) is 0. The Kier molecular flexibility index (Phi) is 3.93. The van der Waals surface area contributed by atoms with Crippen molar-refractivity contribution in [2.24, 2.45) is 0 Å². The fraction of sp³-hybridized carbons (Fsp3) is 0.273. The number of hydrogen-bond donors (Lipinski definition) is 1. The van der Waals surface area contributed by atoms with Gasteiger partial charge in [0.1, 0.15) is 5.25 Å². The third-order valence-corrected chi connectivity index (χ3v) is 3.62. The van der Waals surface area contributed by atoms with Gasteiger partial charge >= 0.3 is 5.97 Å². The lowest BCUT2D eigenvalue weighted by atomic mass is 10.3. The first-order valence-electron chi connectivity index (χ1n) is 5.45. The van der Waals surface area contributed by atoms with Crippen LogP contribution in [0.4, 0.5) is 0 Å². The number of aliphatic carboxylic acids is 1. The molecule has 0 aliphatic carbocycles.